The lowest BCUT2D eigenvalue weighted by Crippen LogP contribution is -2.09. The third-order valence-corrected chi connectivity index (χ3v) is 3.62. The minimum absolute atomic E-state index is 0.718. The van der Waals surface area contributed by atoms with Gasteiger partial charge < -0.3 is 10.1 Å². The molecule has 17 heavy (non-hydrogen) atoms. The zero-order valence-electron chi connectivity index (χ0n) is 10.3. The number of rotatable bonds is 5. The van der Waals surface area contributed by atoms with E-state index < -0.39 is 0 Å². The maximum absolute atomic E-state index is 6.20. The van der Waals surface area contributed by atoms with Crippen molar-refractivity contribution in [2.24, 2.45) is 5.92 Å². The van der Waals surface area contributed by atoms with Crippen LogP contribution in [0, 0.1) is 5.92 Å². The van der Waals surface area contributed by atoms with E-state index in [4.69, 9.17) is 16.3 Å². The summed E-state index contributed by atoms with van der Waals surface area (Å²) in [6, 6.07) is 6.01. The molecule has 1 aromatic rings. The number of hydrogen-bond acceptors (Lipinski definition) is 2. The summed E-state index contributed by atoms with van der Waals surface area (Å²) in [5.41, 5.74) is 1.19. The third kappa shape index (κ3) is 3.62. The molecule has 3 heteroatoms. The summed E-state index contributed by atoms with van der Waals surface area (Å²) < 4.78 is 5.80. The van der Waals surface area contributed by atoms with Gasteiger partial charge in [-0.3, -0.25) is 0 Å². The molecule has 0 spiro atoms. The molecule has 1 N–H and O–H groups in total. The molecule has 0 aromatic heterocycles. The molecule has 0 aliphatic heterocycles. The summed E-state index contributed by atoms with van der Waals surface area (Å²) in [4.78, 5) is 0. The normalized spacial score (nSPS) is 16.4. The molecule has 1 aliphatic rings. The van der Waals surface area contributed by atoms with Crippen LogP contribution in [0.15, 0.2) is 18.2 Å². The van der Waals surface area contributed by atoms with E-state index in [0.717, 1.165) is 29.8 Å². The van der Waals surface area contributed by atoms with Gasteiger partial charge in [-0.2, -0.15) is 0 Å². The predicted molar refractivity (Wildman–Crippen MR) is 71.7 cm³/mol. The van der Waals surface area contributed by atoms with Crippen LogP contribution in [-0.4, -0.2) is 13.7 Å². The quantitative estimate of drug-likeness (QED) is 0.865. The van der Waals surface area contributed by atoms with Gasteiger partial charge in [-0.05, 0) is 43.5 Å². The fourth-order valence-corrected chi connectivity index (χ4v) is 2.62. The van der Waals surface area contributed by atoms with Crippen LogP contribution < -0.4 is 10.1 Å². The van der Waals surface area contributed by atoms with Gasteiger partial charge in [-0.15, -0.1) is 0 Å². The van der Waals surface area contributed by atoms with Crippen molar-refractivity contribution in [2.45, 2.75) is 32.2 Å². The Bertz CT molecular complexity index is 361. The summed E-state index contributed by atoms with van der Waals surface area (Å²) in [5, 5.41) is 3.83. The Morgan fingerprint density at radius 1 is 1.35 bits per heavy atom. The second kappa shape index (κ2) is 6.27. The minimum atomic E-state index is 0.718. The third-order valence-electron chi connectivity index (χ3n) is 3.33. The zero-order valence-corrected chi connectivity index (χ0v) is 11.1. The van der Waals surface area contributed by atoms with E-state index in [2.05, 4.69) is 11.4 Å². The van der Waals surface area contributed by atoms with Crippen LogP contribution in [0.4, 0.5) is 0 Å². The highest BCUT2D eigenvalue weighted by Gasteiger charge is 2.16. The molecule has 2 rings (SSSR count). The van der Waals surface area contributed by atoms with Gasteiger partial charge in [0, 0.05) is 6.54 Å². The van der Waals surface area contributed by atoms with E-state index in [-0.39, 0.29) is 0 Å². The van der Waals surface area contributed by atoms with Crippen LogP contribution in [0.1, 0.15) is 31.2 Å². The maximum atomic E-state index is 6.20. The zero-order chi connectivity index (χ0) is 12.1. The van der Waals surface area contributed by atoms with Gasteiger partial charge in [0.25, 0.3) is 0 Å². The molecule has 1 aliphatic carbocycles. The molecule has 0 heterocycles. The highest BCUT2D eigenvalue weighted by Crippen LogP contribution is 2.29. The lowest BCUT2D eigenvalue weighted by molar-refractivity contribution is 0.252. The molecule has 2 nitrogen and oxygen atoms in total. The van der Waals surface area contributed by atoms with Crippen LogP contribution in [0.5, 0.6) is 5.75 Å². The lowest BCUT2D eigenvalue weighted by atomic mass is 10.1. The van der Waals surface area contributed by atoms with Gasteiger partial charge in [-0.25, -0.2) is 0 Å². The topological polar surface area (TPSA) is 21.3 Å². The Kier molecular flexibility index (Phi) is 4.69. The Labute approximate surface area is 108 Å². The number of halogens is 1. The molecule has 0 amide bonds. The van der Waals surface area contributed by atoms with Gasteiger partial charge in [0.15, 0.2) is 0 Å². The SMILES string of the molecule is CNCc1ccc(OCC2CCCC2)c(Cl)c1. The Morgan fingerprint density at radius 3 is 2.76 bits per heavy atom. The van der Waals surface area contributed by atoms with E-state index in [1.165, 1.54) is 31.2 Å². The second-order valence-electron chi connectivity index (χ2n) is 4.76. The van der Waals surface area contributed by atoms with Crippen molar-refractivity contribution < 1.29 is 4.74 Å². The number of hydrogen-bond donors (Lipinski definition) is 1. The van der Waals surface area contributed by atoms with Crippen molar-refractivity contribution >= 4 is 11.6 Å². The van der Waals surface area contributed by atoms with E-state index in [1.807, 2.05) is 19.2 Å². The first-order valence-electron chi connectivity index (χ1n) is 6.35. The summed E-state index contributed by atoms with van der Waals surface area (Å²) in [5.74, 6) is 1.54. The summed E-state index contributed by atoms with van der Waals surface area (Å²) in [6.07, 6.45) is 5.30. The van der Waals surface area contributed by atoms with Gasteiger partial charge in [0.2, 0.25) is 0 Å². The van der Waals surface area contributed by atoms with E-state index in [0.29, 0.717) is 0 Å². The first kappa shape index (κ1) is 12.7. The predicted octanol–water partition coefficient (Wildman–Crippen LogP) is 3.63. The lowest BCUT2D eigenvalue weighted by Gasteiger charge is -2.13. The molecular formula is C14H20ClNO. The van der Waals surface area contributed by atoms with Crippen molar-refractivity contribution in [3.8, 4) is 5.75 Å². The molecule has 1 aromatic carbocycles. The fraction of sp³-hybridized carbons (Fsp3) is 0.571. The van der Waals surface area contributed by atoms with E-state index in [9.17, 15) is 0 Å². The largest absolute Gasteiger partial charge is 0.492 e. The van der Waals surface area contributed by atoms with E-state index in [1.54, 1.807) is 0 Å². The highest BCUT2D eigenvalue weighted by atomic mass is 35.5. The van der Waals surface area contributed by atoms with Gasteiger partial charge in [0.05, 0.1) is 11.6 Å². The molecule has 94 valence electrons. The Morgan fingerprint density at radius 2 is 2.12 bits per heavy atom. The maximum Gasteiger partial charge on any atom is 0.137 e. The first-order valence-corrected chi connectivity index (χ1v) is 6.73. The molecule has 0 radical (unpaired) electrons. The van der Waals surface area contributed by atoms with Crippen molar-refractivity contribution in [3.05, 3.63) is 28.8 Å². The summed E-state index contributed by atoms with van der Waals surface area (Å²) in [6.45, 7) is 1.65. The van der Waals surface area contributed by atoms with Gasteiger partial charge in [-0.1, -0.05) is 30.5 Å². The fourth-order valence-electron chi connectivity index (χ4n) is 2.36. The Hall–Kier alpha value is -0.730. The summed E-state index contributed by atoms with van der Waals surface area (Å²) >= 11 is 6.20. The molecule has 1 fully saturated rings. The standard InChI is InChI=1S/C14H20ClNO/c1-16-9-12-6-7-14(13(15)8-12)17-10-11-4-2-3-5-11/h6-8,11,16H,2-5,9-10H2,1H3. The minimum Gasteiger partial charge on any atom is -0.492 e. The second-order valence-corrected chi connectivity index (χ2v) is 5.16. The van der Waals surface area contributed by atoms with Crippen molar-refractivity contribution in [1.82, 2.24) is 5.32 Å². The van der Waals surface area contributed by atoms with Gasteiger partial charge in [0.1, 0.15) is 5.75 Å². The van der Waals surface area contributed by atoms with Crippen molar-refractivity contribution in [3.63, 3.8) is 0 Å². The summed E-state index contributed by atoms with van der Waals surface area (Å²) in [7, 11) is 1.93. The molecule has 0 atom stereocenters. The smallest absolute Gasteiger partial charge is 0.137 e. The van der Waals surface area contributed by atoms with Crippen LogP contribution in [0.3, 0.4) is 0 Å². The molecular weight excluding hydrogens is 234 g/mol. The van der Waals surface area contributed by atoms with E-state index >= 15 is 0 Å². The monoisotopic (exact) mass is 253 g/mol. The van der Waals surface area contributed by atoms with Crippen LogP contribution in [0.25, 0.3) is 0 Å². The molecule has 0 bridgehead atoms. The Balaban J connectivity index is 1.91. The average molecular weight is 254 g/mol. The molecule has 1 saturated carbocycles. The van der Waals surface area contributed by atoms with Crippen LogP contribution in [0.2, 0.25) is 5.02 Å². The molecule has 0 saturated heterocycles. The number of benzene rings is 1. The van der Waals surface area contributed by atoms with Crippen molar-refractivity contribution in [2.75, 3.05) is 13.7 Å². The van der Waals surface area contributed by atoms with Crippen molar-refractivity contribution in [1.29, 1.82) is 0 Å². The number of nitrogens with one attached hydrogen (secondary N) is 1. The first-order chi connectivity index (χ1) is 8.29. The van der Waals surface area contributed by atoms with Crippen LogP contribution in [-0.2, 0) is 6.54 Å². The van der Waals surface area contributed by atoms with Crippen LogP contribution >= 0.6 is 11.6 Å². The van der Waals surface area contributed by atoms with Gasteiger partial charge >= 0.3 is 0 Å². The highest BCUT2D eigenvalue weighted by molar-refractivity contribution is 6.32. The average Bonchev–Trinajstić information content (AvgIpc) is 2.81. The number of ether oxygens (including phenoxy) is 1. The molecule has 0 unspecified atom stereocenters.